The molecule has 0 unspecified atom stereocenters. The van der Waals surface area contributed by atoms with Gasteiger partial charge in [0.1, 0.15) is 0 Å². The monoisotopic (exact) mass is 278 g/mol. The Bertz CT molecular complexity index is 377. The molecule has 0 atom stereocenters. The van der Waals surface area contributed by atoms with Crippen LogP contribution in [0.3, 0.4) is 0 Å². The van der Waals surface area contributed by atoms with Crippen LogP contribution in [0.4, 0.5) is 14.5 Å². The fourth-order valence-electron chi connectivity index (χ4n) is 1.68. The van der Waals surface area contributed by atoms with E-state index < -0.39 is 13.0 Å². The summed E-state index contributed by atoms with van der Waals surface area (Å²) in [6, 6.07) is 5.17. The summed E-state index contributed by atoms with van der Waals surface area (Å²) < 4.78 is 24.9. The summed E-state index contributed by atoms with van der Waals surface area (Å²) >= 11 is 6.07. The van der Waals surface area contributed by atoms with Crippen LogP contribution in [-0.2, 0) is 6.54 Å². The van der Waals surface area contributed by atoms with Crippen LogP contribution < -0.4 is 10.2 Å². The van der Waals surface area contributed by atoms with Gasteiger partial charge in [0.15, 0.2) is 0 Å². The summed E-state index contributed by atoms with van der Waals surface area (Å²) in [4.78, 5) is 1.42. The SMILES string of the molecule is CNCc1ccc(N(CCO)CC(F)F)cc1Cl. The third kappa shape index (κ3) is 4.40. The molecule has 1 aromatic carbocycles. The summed E-state index contributed by atoms with van der Waals surface area (Å²) in [6.45, 7) is 0.185. The Morgan fingerprint density at radius 3 is 2.67 bits per heavy atom. The molecule has 0 amide bonds. The Labute approximate surface area is 110 Å². The number of anilines is 1. The van der Waals surface area contributed by atoms with Crippen molar-refractivity contribution in [1.29, 1.82) is 0 Å². The Balaban J connectivity index is 2.88. The smallest absolute Gasteiger partial charge is 0.255 e. The molecule has 0 radical (unpaired) electrons. The van der Waals surface area contributed by atoms with E-state index in [0.29, 0.717) is 17.3 Å². The van der Waals surface area contributed by atoms with Crippen molar-refractivity contribution in [2.24, 2.45) is 0 Å². The average Bonchev–Trinajstić information content (AvgIpc) is 2.31. The lowest BCUT2D eigenvalue weighted by molar-refractivity contribution is 0.153. The molecule has 0 fully saturated rings. The zero-order valence-electron chi connectivity index (χ0n) is 10.2. The molecule has 0 aliphatic carbocycles. The number of nitrogens with zero attached hydrogens (tertiary/aromatic N) is 1. The molecule has 0 heterocycles. The fourth-order valence-corrected chi connectivity index (χ4v) is 1.92. The molecule has 0 aliphatic heterocycles. The zero-order chi connectivity index (χ0) is 13.5. The topological polar surface area (TPSA) is 35.5 Å². The van der Waals surface area contributed by atoms with E-state index in [2.05, 4.69) is 5.32 Å². The van der Waals surface area contributed by atoms with Crippen molar-refractivity contribution in [2.75, 3.05) is 31.6 Å². The lowest BCUT2D eigenvalue weighted by Crippen LogP contribution is -2.31. The summed E-state index contributed by atoms with van der Waals surface area (Å²) in [6.07, 6.45) is -2.45. The van der Waals surface area contributed by atoms with Crippen molar-refractivity contribution in [3.63, 3.8) is 0 Å². The third-order valence-corrected chi connectivity index (χ3v) is 2.85. The third-order valence-electron chi connectivity index (χ3n) is 2.50. The molecule has 1 rings (SSSR count). The number of aliphatic hydroxyl groups is 1. The number of hydrogen-bond donors (Lipinski definition) is 2. The van der Waals surface area contributed by atoms with Crippen molar-refractivity contribution < 1.29 is 13.9 Å². The van der Waals surface area contributed by atoms with Gasteiger partial charge >= 0.3 is 0 Å². The number of rotatable bonds is 7. The molecule has 6 heteroatoms. The molecular formula is C12H17ClF2N2O. The van der Waals surface area contributed by atoms with Gasteiger partial charge < -0.3 is 15.3 Å². The Morgan fingerprint density at radius 1 is 1.44 bits per heavy atom. The van der Waals surface area contributed by atoms with E-state index in [1.165, 1.54) is 4.90 Å². The fraction of sp³-hybridized carbons (Fsp3) is 0.500. The molecular weight excluding hydrogens is 262 g/mol. The van der Waals surface area contributed by atoms with Gasteiger partial charge in [-0.15, -0.1) is 0 Å². The van der Waals surface area contributed by atoms with Crippen LogP contribution in [0.5, 0.6) is 0 Å². The summed E-state index contributed by atoms with van der Waals surface area (Å²) in [7, 11) is 1.80. The van der Waals surface area contributed by atoms with E-state index >= 15 is 0 Å². The highest BCUT2D eigenvalue weighted by Gasteiger charge is 2.13. The maximum absolute atomic E-state index is 12.4. The van der Waals surface area contributed by atoms with Gasteiger partial charge in [-0.3, -0.25) is 0 Å². The first-order valence-electron chi connectivity index (χ1n) is 5.65. The zero-order valence-corrected chi connectivity index (χ0v) is 10.9. The number of alkyl halides is 2. The first kappa shape index (κ1) is 15.1. The number of halogens is 3. The molecule has 2 N–H and O–H groups in total. The predicted octanol–water partition coefficient (Wildman–Crippen LogP) is 2.12. The Kier molecular flexibility index (Phi) is 6.32. The molecule has 0 bridgehead atoms. The maximum Gasteiger partial charge on any atom is 0.255 e. The number of benzene rings is 1. The van der Waals surface area contributed by atoms with E-state index in [9.17, 15) is 8.78 Å². The molecule has 0 saturated heterocycles. The second kappa shape index (κ2) is 7.51. The first-order chi connectivity index (χ1) is 8.58. The minimum Gasteiger partial charge on any atom is -0.395 e. The lowest BCUT2D eigenvalue weighted by Gasteiger charge is -2.24. The van der Waals surface area contributed by atoms with Gasteiger partial charge in [-0.25, -0.2) is 8.78 Å². The normalized spacial score (nSPS) is 11.0. The highest BCUT2D eigenvalue weighted by molar-refractivity contribution is 6.31. The van der Waals surface area contributed by atoms with E-state index in [4.69, 9.17) is 16.7 Å². The maximum atomic E-state index is 12.4. The van der Waals surface area contributed by atoms with Gasteiger partial charge in [0, 0.05) is 23.8 Å². The van der Waals surface area contributed by atoms with Gasteiger partial charge in [-0.05, 0) is 24.7 Å². The number of hydrogen-bond acceptors (Lipinski definition) is 3. The number of aliphatic hydroxyl groups excluding tert-OH is 1. The van der Waals surface area contributed by atoms with Crippen LogP contribution in [0, 0.1) is 0 Å². The van der Waals surface area contributed by atoms with Gasteiger partial charge in [-0.1, -0.05) is 17.7 Å². The van der Waals surface area contributed by atoms with Crippen LogP contribution in [0.25, 0.3) is 0 Å². The highest BCUT2D eigenvalue weighted by Crippen LogP contribution is 2.24. The van der Waals surface area contributed by atoms with Gasteiger partial charge in [-0.2, -0.15) is 0 Å². The van der Waals surface area contributed by atoms with E-state index in [1.807, 2.05) is 0 Å². The van der Waals surface area contributed by atoms with E-state index in [0.717, 1.165) is 5.56 Å². The average molecular weight is 279 g/mol. The highest BCUT2D eigenvalue weighted by atomic mass is 35.5. The van der Waals surface area contributed by atoms with Crippen molar-refractivity contribution in [3.8, 4) is 0 Å². The molecule has 0 aliphatic rings. The Hall–Kier alpha value is -0.910. The molecule has 0 saturated carbocycles. The second-order valence-electron chi connectivity index (χ2n) is 3.87. The lowest BCUT2D eigenvalue weighted by atomic mass is 10.2. The first-order valence-corrected chi connectivity index (χ1v) is 6.03. The largest absolute Gasteiger partial charge is 0.395 e. The minimum atomic E-state index is -2.45. The van der Waals surface area contributed by atoms with Crippen molar-refractivity contribution in [3.05, 3.63) is 28.8 Å². The van der Waals surface area contributed by atoms with E-state index in [1.54, 1.807) is 25.2 Å². The molecule has 18 heavy (non-hydrogen) atoms. The second-order valence-corrected chi connectivity index (χ2v) is 4.27. The molecule has 1 aromatic rings. The van der Waals surface area contributed by atoms with Crippen LogP contribution in [0.1, 0.15) is 5.56 Å². The molecule has 0 aromatic heterocycles. The molecule has 0 spiro atoms. The summed E-state index contributed by atoms with van der Waals surface area (Å²) in [5.41, 5.74) is 1.50. The standard InChI is InChI=1S/C12H17ClF2N2O/c1-16-7-9-2-3-10(6-11(9)13)17(4-5-18)8-12(14)15/h2-3,6,12,16,18H,4-5,7-8H2,1H3. The van der Waals surface area contributed by atoms with Crippen LogP contribution in [0.15, 0.2) is 18.2 Å². The number of nitrogens with one attached hydrogen (secondary N) is 1. The van der Waals surface area contributed by atoms with Crippen LogP contribution >= 0.6 is 11.6 Å². The Morgan fingerprint density at radius 2 is 2.17 bits per heavy atom. The quantitative estimate of drug-likeness (QED) is 0.802. The summed E-state index contributed by atoms with van der Waals surface area (Å²) in [5, 5.41) is 12.4. The predicted molar refractivity (Wildman–Crippen MR) is 69.5 cm³/mol. The van der Waals surface area contributed by atoms with Gasteiger partial charge in [0.05, 0.1) is 13.2 Å². The van der Waals surface area contributed by atoms with E-state index in [-0.39, 0.29) is 13.2 Å². The molecule has 102 valence electrons. The summed E-state index contributed by atoms with van der Waals surface area (Å²) in [5.74, 6) is 0. The molecule has 3 nitrogen and oxygen atoms in total. The van der Waals surface area contributed by atoms with Gasteiger partial charge in [0.2, 0.25) is 0 Å². The van der Waals surface area contributed by atoms with Crippen molar-refractivity contribution in [1.82, 2.24) is 5.32 Å². The van der Waals surface area contributed by atoms with Crippen LogP contribution in [-0.4, -0.2) is 38.3 Å². The minimum absolute atomic E-state index is 0.159. The van der Waals surface area contributed by atoms with Crippen LogP contribution in [0.2, 0.25) is 5.02 Å². The van der Waals surface area contributed by atoms with Crippen molar-refractivity contribution >= 4 is 17.3 Å². The van der Waals surface area contributed by atoms with Crippen molar-refractivity contribution in [2.45, 2.75) is 13.0 Å². The van der Waals surface area contributed by atoms with Gasteiger partial charge in [0.25, 0.3) is 6.43 Å².